The highest BCUT2D eigenvalue weighted by Crippen LogP contribution is 2.22. The van der Waals surface area contributed by atoms with Crippen molar-refractivity contribution in [2.75, 3.05) is 32.7 Å². The third-order valence-corrected chi connectivity index (χ3v) is 3.50. The van der Waals surface area contributed by atoms with E-state index >= 15 is 0 Å². The third-order valence-electron chi connectivity index (χ3n) is 3.50. The molecule has 2 fully saturated rings. The minimum absolute atomic E-state index is 0.473. The monoisotopic (exact) mass is 215 g/mol. The lowest BCUT2D eigenvalue weighted by Gasteiger charge is -2.33. The van der Waals surface area contributed by atoms with Crippen molar-refractivity contribution in [2.24, 2.45) is 0 Å². The summed E-state index contributed by atoms with van der Waals surface area (Å²) in [5.41, 5.74) is -0.970. The predicted molar refractivity (Wildman–Crippen MR) is 59.8 cm³/mol. The maximum Gasteiger partial charge on any atom is 0.125 e. The maximum absolute atomic E-state index is 14.2. The molecule has 3 nitrogen and oxygen atoms in total. The Balaban J connectivity index is 1.70. The van der Waals surface area contributed by atoms with Crippen LogP contribution in [0.25, 0.3) is 0 Å². The number of rotatable bonds is 3. The quantitative estimate of drug-likeness (QED) is 0.638. The van der Waals surface area contributed by atoms with Gasteiger partial charge in [0.1, 0.15) is 5.67 Å². The third kappa shape index (κ3) is 3.40. The van der Waals surface area contributed by atoms with Crippen LogP contribution in [0, 0.1) is 0 Å². The molecule has 3 N–H and O–H groups in total. The number of hydrogen-bond acceptors (Lipinski definition) is 3. The lowest BCUT2D eigenvalue weighted by molar-refractivity contribution is 0.108. The lowest BCUT2D eigenvalue weighted by atomic mass is 9.93. The van der Waals surface area contributed by atoms with E-state index in [4.69, 9.17) is 0 Å². The van der Waals surface area contributed by atoms with Gasteiger partial charge in [-0.2, -0.15) is 0 Å². The molecule has 0 aromatic rings. The molecule has 15 heavy (non-hydrogen) atoms. The maximum atomic E-state index is 14.2. The van der Waals surface area contributed by atoms with Gasteiger partial charge in [-0.15, -0.1) is 0 Å². The normalized spacial score (nSPS) is 31.4. The zero-order chi connectivity index (χ0) is 10.6. The van der Waals surface area contributed by atoms with E-state index in [0.29, 0.717) is 25.4 Å². The summed E-state index contributed by atoms with van der Waals surface area (Å²) in [6.07, 6.45) is 3.69. The summed E-state index contributed by atoms with van der Waals surface area (Å²) in [6, 6.07) is 0.473. The fourth-order valence-electron chi connectivity index (χ4n) is 2.40. The summed E-state index contributed by atoms with van der Waals surface area (Å²) in [7, 11) is 0. The molecule has 0 saturated carbocycles. The Morgan fingerprint density at radius 3 is 2.67 bits per heavy atom. The topological polar surface area (TPSA) is 36.1 Å². The second-order valence-electron chi connectivity index (χ2n) is 4.83. The fourth-order valence-corrected chi connectivity index (χ4v) is 2.40. The number of piperidine rings is 2. The SMILES string of the molecule is FC1(CNC2CCCNC2)CCNCC1. The van der Waals surface area contributed by atoms with Gasteiger partial charge in [0.15, 0.2) is 0 Å². The van der Waals surface area contributed by atoms with Crippen molar-refractivity contribution in [3.63, 3.8) is 0 Å². The van der Waals surface area contributed by atoms with Crippen LogP contribution in [0.15, 0.2) is 0 Å². The van der Waals surface area contributed by atoms with Crippen LogP contribution in [-0.2, 0) is 0 Å². The summed E-state index contributed by atoms with van der Waals surface area (Å²) < 4.78 is 14.2. The van der Waals surface area contributed by atoms with E-state index in [1.165, 1.54) is 12.8 Å². The highest BCUT2D eigenvalue weighted by molar-refractivity contribution is 4.88. The molecule has 2 saturated heterocycles. The minimum Gasteiger partial charge on any atom is -0.316 e. The highest BCUT2D eigenvalue weighted by atomic mass is 19.1. The molecule has 0 spiro atoms. The Morgan fingerprint density at radius 2 is 2.00 bits per heavy atom. The minimum atomic E-state index is -0.970. The summed E-state index contributed by atoms with van der Waals surface area (Å²) in [4.78, 5) is 0. The Morgan fingerprint density at radius 1 is 1.20 bits per heavy atom. The molecule has 0 aromatic heterocycles. The molecule has 0 radical (unpaired) electrons. The van der Waals surface area contributed by atoms with Gasteiger partial charge in [0.05, 0.1) is 0 Å². The Labute approximate surface area is 91.2 Å². The first-order chi connectivity index (χ1) is 7.29. The van der Waals surface area contributed by atoms with Gasteiger partial charge in [0.2, 0.25) is 0 Å². The molecule has 0 amide bonds. The molecule has 1 unspecified atom stereocenters. The first-order valence-corrected chi connectivity index (χ1v) is 6.12. The van der Waals surface area contributed by atoms with E-state index in [1.807, 2.05) is 0 Å². The van der Waals surface area contributed by atoms with Crippen LogP contribution in [0.2, 0.25) is 0 Å². The molecule has 0 aromatic carbocycles. The van der Waals surface area contributed by atoms with Gasteiger partial charge in [-0.25, -0.2) is 4.39 Å². The van der Waals surface area contributed by atoms with Crippen molar-refractivity contribution in [3.8, 4) is 0 Å². The molecule has 1 atom stereocenters. The molecular weight excluding hydrogens is 193 g/mol. The van der Waals surface area contributed by atoms with E-state index < -0.39 is 5.67 Å². The number of alkyl halides is 1. The predicted octanol–water partition coefficient (Wildman–Crippen LogP) is 0.420. The summed E-state index contributed by atoms with van der Waals surface area (Å²) >= 11 is 0. The Hall–Kier alpha value is -0.190. The van der Waals surface area contributed by atoms with Gasteiger partial charge < -0.3 is 16.0 Å². The van der Waals surface area contributed by atoms with Crippen molar-refractivity contribution in [2.45, 2.75) is 37.4 Å². The van der Waals surface area contributed by atoms with Crippen molar-refractivity contribution < 1.29 is 4.39 Å². The van der Waals surface area contributed by atoms with Crippen molar-refractivity contribution in [1.82, 2.24) is 16.0 Å². The molecule has 4 heteroatoms. The van der Waals surface area contributed by atoms with Crippen LogP contribution < -0.4 is 16.0 Å². The van der Waals surface area contributed by atoms with Crippen molar-refractivity contribution in [1.29, 1.82) is 0 Å². The number of nitrogens with one attached hydrogen (secondary N) is 3. The largest absolute Gasteiger partial charge is 0.316 e. The molecule has 2 aliphatic heterocycles. The van der Waals surface area contributed by atoms with Crippen molar-refractivity contribution in [3.05, 3.63) is 0 Å². The van der Waals surface area contributed by atoms with E-state index in [-0.39, 0.29) is 0 Å². The molecular formula is C11H22FN3. The second kappa shape index (κ2) is 5.23. The average Bonchev–Trinajstić information content (AvgIpc) is 2.29. The highest BCUT2D eigenvalue weighted by Gasteiger charge is 2.32. The zero-order valence-corrected chi connectivity index (χ0v) is 9.32. The van der Waals surface area contributed by atoms with Crippen LogP contribution in [0.1, 0.15) is 25.7 Å². The van der Waals surface area contributed by atoms with E-state index in [0.717, 1.165) is 26.2 Å². The van der Waals surface area contributed by atoms with Crippen LogP contribution in [0.4, 0.5) is 4.39 Å². The molecule has 2 rings (SSSR count). The number of hydrogen-bond donors (Lipinski definition) is 3. The van der Waals surface area contributed by atoms with E-state index in [9.17, 15) is 4.39 Å². The van der Waals surface area contributed by atoms with E-state index in [2.05, 4.69) is 16.0 Å². The average molecular weight is 215 g/mol. The van der Waals surface area contributed by atoms with Gasteiger partial charge in [-0.1, -0.05) is 0 Å². The van der Waals surface area contributed by atoms with Gasteiger partial charge in [0, 0.05) is 19.1 Å². The number of halogens is 1. The first kappa shape index (κ1) is 11.3. The standard InChI is InChI=1S/C11H22FN3/c12-11(3-6-13-7-4-11)9-15-10-2-1-5-14-8-10/h10,13-15H,1-9H2. The van der Waals surface area contributed by atoms with Gasteiger partial charge in [0.25, 0.3) is 0 Å². The fraction of sp³-hybridized carbons (Fsp3) is 1.00. The van der Waals surface area contributed by atoms with Crippen LogP contribution >= 0.6 is 0 Å². The summed E-state index contributed by atoms with van der Waals surface area (Å²) in [5.74, 6) is 0. The molecule has 88 valence electrons. The summed E-state index contributed by atoms with van der Waals surface area (Å²) in [5, 5.41) is 9.90. The second-order valence-corrected chi connectivity index (χ2v) is 4.83. The smallest absolute Gasteiger partial charge is 0.125 e. The van der Waals surface area contributed by atoms with Crippen molar-refractivity contribution >= 4 is 0 Å². The molecule has 2 heterocycles. The molecule has 2 aliphatic rings. The van der Waals surface area contributed by atoms with Gasteiger partial charge in [-0.05, 0) is 45.3 Å². The van der Waals surface area contributed by atoms with E-state index in [1.54, 1.807) is 0 Å². The Bertz CT molecular complexity index is 186. The van der Waals surface area contributed by atoms with Gasteiger partial charge >= 0.3 is 0 Å². The molecule has 0 aliphatic carbocycles. The first-order valence-electron chi connectivity index (χ1n) is 6.12. The zero-order valence-electron chi connectivity index (χ0n) is 9.32. The van der Waals surface area contributed by atoms with Crippen LogP contribution in [-0.4, -0.2) is 44.4 Å². The van der Waals surface area contributed by atoms with Crippen LogP contribution in [0.5, 0.6) is 0 Å². The van der Waals surface area contributed by atoms with Crippen LogP contribution in [0.3, 0.4) is 0 Å². The van der Waals surface area contributed by atoms with Gasteiger partial charge in [-0.3, -0.25) is 0 Å². The summed E-state index contributed by atoms with van der Waals surface area (Å²) in [6.45, 7) is 4.28. The Kier molecular flexibility index (Phi) is 3.94. The lowest BCUT2D eigenvalue weighted by Crippen LogP contribution is -2.51. The molecule has 0 bridgehead atoms.